The zero-order chi connectivity index (χ0) is 11.5. The first-order valence-electron chi connectivity index (χ1n) is 5.35. The molecular formula is C12H16N4. The van der Waals surface area contributed by atoms with Gasteiger partial charge in [-0.3, -0.25) is 0 Å². The lowest BCUT2D eigenvalue weighted by Crippen LogP contribution is -2.08. The van der Waals surface area contributed by atoms with E-state index in [0.717, 1.165) is 6.54 Å². The first-order valence-corrected chi connectivity index (χ1v) is 5.35. The third-order valence-corrected chi connectivity index (χ3v) is 2.43. The van der Waals surface area contributed by atoms with Gasteiger partial charge in [-0.25, -0.2) is 9.67 Å². The molecule has 2 rings (SSSR count). The first-order chi connectivity index (χ1) is 7.65. The number of nitrogens with zero attached hydrogens (tertiary/aromatic N) is 3. The minimum atomic E-state index is -0.112. The summed E-state index contributed by atoms with van der Waals surface area (Å²) in [4.78, 5) is 4.16. The van der Waals surface area contributed by atoms with Gasteiger partial charge in [0.1, 0.15) is 6.33 Å². The summed E-state index contributed by atoms with van der Waals surface area (Å²) in [7, 11) is 0. The molecule has 1 unspecified atom stereocenters. The van der Waals surface area contributed by atoms with E-state index in [1.165, 1.54) is 11.1 Å². The van der Waals surface area contributed by atoms with Crippen LogP contribution in [-0.2, 0) is 6.54 Å². The van der Waals surface area contributed by atoms with Gasteiger partial charge in [-0.2, -0.15) is 5.10 Å². The number of benzene rings is 1. The van der Waals surface area contributed by atoms with Crippen molar-refractivity contribution in [2.75, 3.05) is 0 Å². The zero-order valence-corrected chi connectivity index (χ0v) is 9.59. The molecule has 0 aliphatic carbocycles. The second-order valence-electron chi connectivity index (χ2n) is 4.07. The third-order valence-electron chi connectivity index (χ3n) is 2.43. The fraction of sp³-hybridized carbons (Fsp3) is 0.333. The van der Waals surface area contributed by atoms with Gasteiger partial charge in [0, 0.05) is 0 Å². The van der Waals surface area contributed by atoms with Crippen LogP contribution in [0.3, 0.4) is 0 Å². The Morgan fingerprint density at radius 3 is 2.56 bits per heavy atom. The number of hydrogen-bond acceptors (Lipinski definition) is 3. The zero-order valence-electron chi connectivity index (χ0n) is 9.59. The van der Waals surface area contributed by atoms with E-state index in [9.17, 15) is 0 Å². The maximum atomic E-state index is 5.70. The van der Waals surface area contributed by atoms with Gasteiger partial charge >= 0.3 is 0 Å². The average Bonchev–Trinajstić information content (AvgIpc) is 2.70. The molecule has 0 spiro atoms. The summed E-state index contributed by atoms with van der Waals surface area (Å²) in [5.41, 5.74) is 8.18. The minimum absolute atomic E-state index is 0.112. The molecule has 2 N–H and O–H groups in total. The van der Waals surface area contributed by atoms with E-state index in [4.69, 9.17) is 5.73 Å². The Bertz CT molecular complexity index is 456. The highest BCUT2D eigenvalue weighted by atomic mass is 15.3. The highest BCUT2D eigenvalue weighted by Gasteiger charge is 2.05. The molecular weight excluding hydrogens is 200 g/mol. The Kier molecular flexibility index (Phi) is 3.01. The molecule has 1 aromatic heterocycles. The van der Waals surface area contributed by atoms with Crippen molar-refractivity contribution in [1.29, 1.82) is 0 Å². The molecule has 0 aliphatic heterocycles. The highest BCUT2D eigenvalue weighted by molar-refractivity contribution is 5.21. The molecule has 0 saturated heterocycles. The first kappa shape index (κ1) is 10.8. The van der Waals surface area contributed by atoms with Gasteiger partial charge in [-0.15, -0.1) is 0 Å². The molecule has 4 heteroatoms. The van der Waals surface area contributed by atoms with Gasteiger partial charge in [-0.1, -0.05) is 29.8 Å². The second kappa shape index (κ2) is 4.45. The molecule has 0 radical (unpaired) electrons. The monoisotopic (exact) mass is 216 g/mol. The fourth-order valence-corrected chi connectivity index (χ4v) is 1.47. The van der Waals surface area contributed by atoms with Crippen LogP contribution in [0.15, 0.2) is 30.6 Å². The number of rotatable bonds is 3. The SMILES string of the molecule is Cc1ccc(Cn2cnc(C(C)N)n2)cc1. The van der Waals surface area contributed by atoms with Crippen molar-refractivity contribution < 1.29 is 0 Å². The number of aryl methyl sites for hydroxylation is 1. The van der Waals surface area contributed by atoms with Crippen molar-refractivity contribution >= 4 is 0 Å². The van der Waals surface area contributed by atoms with Crippen molar-refractivity contribution in [3.8, 4) is 0 Å². The number of nitrogens with two attached hydrogens (primary N) is 1. The van der Waals surface area contributed by atoms with Crippen molar-refractivity contribution in [2.24, 2.45) is 5.73 Å². The van der Waals surface area contributed by atoms with E-state index in [0.29, 0.717) is 5.82 Å². The fourth-order valence-electron chi connectivity index (χ4n) is 1.47. The van der Waals surface area contributed by atoms with Crippen molar-refractivity contribution in [3.63, 3.8) is 0 Å². The second-order valence-corrected chi connectivity index (χ2v) is 4.07. The molecule has 2 aromatic rings. The lowest BCUT2D eigenvalue weighted by Gasteiger charge is -2.02. The Morgan fingerprint density at radius 2 is 2.00 bits per heavy atom. The third kappa shape index (κ3) is 2.46. The van der Waals surface area contributed by atoms with Crippen LogP contribution in [0.4, 0.5) is 0 Å². The lowest BCUT2D eigenvalue weighted by atomic mass is 10.1. The summed E-state index contributed by atoms with van der Waals surface area (Å²) in [5, 5.41) is 4.31. The smallest absolute Gasteiger partial charge is 0.166 e. The molecule has 1 atom stereocenters. The molecule has 0 amide bonds. The van der Waals surface area contributed by atoms with Crippen LogP contribution < -0.4 is 5.73 Å². The summed E-state index contributed by atoms with van der Waals surface area (Å²) in [6, 6.07) is 8.28. The molecule has 16 heavy (non-hydrogen) atoms. The molecule has 0 aliphatic rings. The maximum Gasteiger partial charge on any atom is 0.166 e. The van der Waals surface area contributed by atoms with Gasteiger partial charge in [0.25, 0.3) is 0 Å². The van der Waals surface area contributed by atoms with Crippen molar-refractivity contribution in [2.45, 2.75) is 26.4 Å². The molecule has 0 fully saturated rings. The molecule has 4 nitrogen and oxygen atoms in total. The average molecular weight is 216 g/mol. The largest absolute Gasteiger partial charge is 0.321 e. The Labute approximate surface area is 95.1 Å². The van der Waals surface area contributed by atoms with Gasteiger partial charge in [0.2, 0.25) is 0 Å². The minimum Gasteiger partial charge on any atom is -0.321 e. The number of aromatic nitrogens is 3. The highest BCUT2D eigenvalue weighted by Crippen LogP contribution is 2.06. The van der Waals surface area contributed by atoms with E-state index < -0.39 is 0 Å². The van der Waals surface area contributed by atoms with Crippen LogP contribution in [0.2, 0.25) is 0 Å². The van der Waals surface area contributed by atoms with E-state index in [2.05, 4.69) is 41.3 Å². The van der Waals surface area contributed by atoms with E-state index in [1.807, 2.05) is 11.6 Å². The van der Waals surface area contributed by atoms with E-state index in [1.54, 1.807) is 6.33 Å². The molecule has 0 saturated carbocycles. The maximum absolute atomic E-state index is 5.70. The van der Waals surface area contributed by atoms with Gasteiger partial charge in [0.15, 0.2) is 5.82 Å². The van der Waals surface area contributed by atoms with E-state index >= 15 is 0 Å². The van der Waals surface area contributed by atoms with E-state index in [-0.39, 0.29) is 6.04 Å². The predicted octanol–water partition coefficient (Wildman–Crippen LogP) is 1.65. The molecule has 1 heterocycles. The van der Waals surface area contributed by atoms with Crippen molar-refractivity contribution in [1.82, 2.24) is 14.8 Å². The van der Waals surface area contributed by atoms with Crippen LogP contribution in [0, 0.1) is 6.92 Å². The van der Waals surface area contributed by atoms with Crippen LogP contribution in [0.1, 0.15) is 29.9 Å². The molecule has 84 valence electrons. The quantitative estimate of drug-likeness (QED) is 0.848. The van der Waals surface area contributed by atoms with Crippen LogP contribution in [0.25, 0.3) is 0 Å². The standard InChI is InChI=1S/C12H16N4/c1-9-3-5-11(6-4-9)7-16-8-14-12(15-16)10(2)13/h3-6,8,10H,7,13H2,1-2H3. The van der Waals surface area contributed by atoms with Gasteiger partial charge in [-0.05, 0) is 19.4 Å². The summed E-state index contributed by atoms with van der Waals surface area (Å²) in [6.07, 6.45) is 1.72. The summed E-state index contributed by atoms with van der Waals surface area (Å²) < 4.78 is 1.81. The topological polar surface area (TPSA) is 56.7 Å². The Hall–Kier alpha value is -1.68. The van der Waals surface area contributed by atoms with Crippen LogP contribution in [0.5, 0.6) is 0 Å². The van der Waals surface area contributed by atoms with Gasteiger partial charge < -0.3 is 5.73 Å². The normalized spacial score (nSPS) is 12.7. The lowest BCUT2D eigenvalue weighted by molar-refractivity contribution is 0.649. The van der Waals surface area contributed by atoms with Gasteiger partial charge in [0.05, 0.1) is 12.6 Å². The van der Waals surface area contributed by atoms with Crippen LogP contribution in [-0.4, -0.2) is 14.8 Å². The molecule has 0 bridgehead atoms. The number of hydrogen-bond donors (Lipinski definition) is 1. The summed E-state index contributed by atoms with van der Waals surface area (Å²) >= 11 is 0. The summed E-state index contributed by atoms with van der Waals surface area (Å²) in [5.74, 6) is 0.687. The predicted molar refractivity (Wildman–Crippen MR) is 62.9 cm³/mol. The van der Waals surface area contributed by atoms with Crippen LogP contribution >= 0.6 is 0 Å². The Morgan fingerprint density at radius 1 is 1.31 bits per heavy atom. The molecule has 1 aromatic carbocycles. The summed E-state index contributed by atoms with van der Waals surface area (Å²) in [6.45, 7) is 4.69. The Balaban J connectivity index is 2.11. The van der Waals surface area contributed by atoms with Crippen molar-refractivity contribution in [3.05, 3.63) is 47.5 Å².